The van der Waals surface area contributed by atoms with Crippen LogP contribution in [0.3, 0.4) is 0 Å². The lowest BCUT2D eigenvalue weighted by atomic mass is 10.0. The number of hydrogen-bond acceptors (Lipinski definition) is 6. The van der Waals surface area contributed by atoms with E-state index in [4.69, 9.17) is 4.52 Å². The van der Waals surface area contributed by atoms with Gasteiger partial charge in [0.05, 0.1) is 0 Å². The molecule has 0 bridgehead atoms. The van der Waals surface area contributed by atoms with Crippen molar-refractivity contribution < 1.29 is 9.32 Å². The molecule has 124 valence electrons. The van der Waals surface area contributed by atoms with Crippen LogP contribution in [-0.4, -0.2) is 21.0 Å². The van der Waals surface area contributed by atoms with Gasteiger partial charge in [-0.25, -0.2) is 4.98 Å². The molecule has 2 heterocycles. The average molecular weight is 342 g/mol. The van der Waals surface area contributed by atoms with Crippen molar-refractivity contribution in [3.63, 3.8) is 0 Å². The summed E-state index contributed by atoms with van der Waals surface area (Å²) in [5, 5.41) is 9.12. The Balaban J connectivity index is 1.58. The Hall–Kier alpha value is -2.54. The van der Waals surface area contributed by atoms with Crippen molar-refractivity contribution in [3.05, 3.63) is 47.3 Å². The van der Waals surface area contributed by atoms with E-state index in [0.29, 0.717) is 29.2 Å². The van der Waals surface area contributed by atoms with E-state index in [1.807, 2.05) is 17.5 Å². The topological polar surface area (TPSA) is 80.9 Å². The maximum absolute atomic E-state index is 11.8. The molecule has 3 aromatic rings. The zero-order valence-corrected chi connectivity index (χ0v) is 14.3. The molecule has 3 rings (SSSR count). The van der Waals surface area contributed by atoms with Gasteiger partial charge in [-0.15, -0.1) is 11.3 Å². The minimum absolute atomic E-state index is 0.119. The molecule has 0 spiro atoms. The van der Waals surface area contributed by atoms with Crippen molar-refractivity contribution in [2.45, 2.75) is 32.6 Å². The van der Waals surface area contributed by atoms with Crippen LogP contribution >= 0.6 is 11.3 Å². The molecule has 1 aromatic carbocycles. The van der Waals surface area contributed by atoms with Crippen LogP contribution in [-0.2, 0) is 11.2 Å². The molecule has 0 fully saturated rings. The molecule has 1 amide bonds. The van der Waals surface area contributed by atoms with E-state index in [-0.39, 0.29) is 12.3 Å². The maximum Gasteiger partial charge on any atom is 0.227 e. The molecule has 0 saturated heterocycles. The van der Waals surface area contributed by atoms with Gasteiger partial charge in [-0.3, -0.25) is 4.79 Å². The minimum Gasteiger partial charge on any atom is -0.339 e. The smallest absolute Gasteiger partial charge is 0.227 e. The van der Waals surface area contributed by atoms with Crippen LogP contribution < -0.4 is 5.32 Å². The predicted molar refractivity (Wildman–Crippen MR) is 92.9 cm³/mol. The molecule has 0 aliphatic carbocycles. The van der Waals surface area contributed by atoms with E-state index in [0.717, 1.165) is 5.56 Å². The molecule has 0 atom stereocenters. The number of nitrogens with zero attached hydrogens (tertiary/aromatic N) is 3. The summed E-state index contributed by atoms with van der Waals surface area (Å²) >= 11 is 1.38. The van der Waals surface area contributed by atoms with Gasteiger partial charge in [-0.05, 0) is 11.5 Å². The lowest BCUT2D eigenvalue weighted by Crippen LogP contribution is -2.12. The van der Waals surface area contributed by atoms with Crippen molar-refractivity contribution in [2.24, 2.45) is 0 Å². The van der Waals surface area contributed by atoms with Crippen LogP contribution in [0.2, 0.25) is 0 Å². The highest BCUT2D eigenvalue weighted by Crippen LogP contribution is 2.21. The summed E-state index contributed by atoms with van der Waals surface area (Å²) in [6.07, 6.45) is 2.32. The van der Waals surface area contributed by atoms with Gasteiger partial charge in [0.25, 0.3) is 0 Å². The summed E-state index contributed by atoms with van der Waals surface area (Å²) in [6.45, 7) is 4.30. The van der Waals surface area contributed by atoms with E-state index in [1.165, 1.54) is 16.9 Å². The lowest BCUT2D eigenvalue weighted by molar-refractivity contribution is -0.116. The van der Waals surface area contributed by atoms with Crippen molar-refractivity contribution in [1.82, 2.24) is 15.1 Å². The molecule has 24 heavy (non-hydrogen) atoms. The molecule has 0 saturated carbocycles. The number of nitrogens with one attached hydrogen (secondary N) is 1. The van der Waals surface area contributed by atoms with E-state index in [2.05, 4.69) is 46.4 Å². The number of hydrogen-bond donors (Lipinski definition) is 1. The number of carbonyl (C=O) groups excluding carboxylic acids is 1. The third kappa shape index (κ3) is 4.05. The van der Waals surface area contributed by atoms with Crippen LogP contribution in [0.15, 0.2) is 40.4 Å². The van der Waals surface area contributed by atoms with E-state index in [9.17, 15) is 4.79 Å². The number of benzene rings is 1. The van der Waals surface area contributed by atoms with Gasteiger partial charge in [-0.2, -0.15) is 4.98 Å². The first-order valence-corrected chi connectivity index (χ1v) is 8.62. The Morgan fingerprint density at radius 3 is 2.75 bits per heavy atom. The fourth-order valence-electron chi connectivity index (χ4n) is 2.18. The van der Waals surface area contributed by atoms with Gasteiger partial charge >= 0.3 is 0 Å². The molecule has 0 aliphatic heterocycles. The Labute approximate surface area is 143 Å². The summed E-state index contributed by atoms with van der Waals surface area (Å²) in [7, 11) is 0. The van der Waals surface area contributed by atoms with E-state index < -0.39 is 0 Å². The Morgan fingerprint density at radius 2 is 2.08 bits per heavy atom. The van der Waals surface area contributed by atoms with Gasteiger partial charge in [-0.1, -0.05) is 43.3 Å². The van der Waals surface area contributed by atoms with Crippen molar-refractivity contribution in [3.8, 4) is 11.4 Å². The molecule has 7 heteroatoms. The normalized spacial score (nSPS) is 11.0. The molecule has 0 aliphatic rings. The van der Waals surface area contributed by atoms with Crippen LogP contribution in [0.4, 0.5) is 5.13 Å². The van der Waals surface area contributed by atoms with E-state index >= 15 is 0 Å². The van der Waals surface area contributed by atoms with Gasteiger partial charge in [0.2, 0.25) is 17.6 Å². The highest BCUT2D eigenvalue weighted by Gasteiger charge is 2.11. The Bertz CT molecular complexity index is 794. The molecule has 0 radical (unpaired) electrons. The second-order valence-corrected chi connectivity index (χ2v) is 6.57. The standard InChI is InChI=1S/C17H18N4O2S/c1-11(2)12-3-5-13(6-4-12)16-20-15(23-21-16)8-7-14(22)19-17-18-9-10-24-17/h3-6,9-11H,7-8H2,1-2H3,(H,18,19,22). The summed E-state index contributed by atoms with van der Waals surface area (Å²) in [5.74, 6) is 1.36. The number of carbonyl (C=O) groups is 1. The summed E-state index contributed by atoms with van der Waals surface area (Å²) in [4.78, 5) is 20.2. The van der Waals surface area contributed by atoms with Crippen molar-refractivity contribution in [1.29, 1.82) is 0 Å². The Kier molecular flexibility index (Phi) is 5.00. The number of rotatable bonds is 6. The number of amides is 1. The summed E-state index contributed by atoms with van der Waals surface area (Å²) in [5.41, 5.74) is 2.17. The zero-order chi connectivity index (χ0) is 16.9. The maximum atomic E-state index is 11.8. The van der Waals surface area contributed by atoms with Crippen molar-refractivity contribution in [2.75, 3.05) is 5.32 Å². The summed E-state index contributed by atoms with van der Waals surface area (Å²) in [6, 6.07) is 8.10. The highest BCUT2D eigenvalue weighted by atomic mass is 32.1. The first kappa shape index (κ1) is 16.3. The SMILES string of the molecule is CC(C)c1ccc(-c2noc(CCC(=O)Nc3nccs3)n2)cc1. The number of anilines is 1. The molecular weight excluding hydrogens is 324 g/mol. The second kappa shape index (κ2) is 7.35. The lowest BCUT2D eigenvalue weighted by Gasteiger charge is -2.04. The van der Waals surface area contributed by atoms with Crippen LogP contribution in [0, 0.1) is 0 Å². The van der Waals surface area contributed by atoms with Gasteiger partial charge in [0, 0.05) is 30.0 Å². The molecule has 2 aromatic heterocycles. The van der Waals surface area contributed by atoms with Gasteiger partial charge < -0.3 is 9.84 Å². The zero-order valence-electron chi connectivity index (χ0n) is 13.5. The molecule has 1 N–H and O–H groups in total. The molecule has 0 unspecified atom stereocenters. The van der Waals surface area contributed by atoms with Gasteiger partial charge in [0.1, 0.15) is 0 Å². The fourth-order valence-corrected chi connectivity index (χ4v) is 2.72. The fraction of sp³-hybridized carbons (Fsp3) is 0.294. The molecule has 6 nitrogen and oxygen atoms in total. The first-order chi connectivity index (χ1) is 11.6. The second-order valence-electron chi connectivity index (χ2n) is 5.67. The third-order valence-electron chi connectivity index (χ3n) is 3.55. The number of aryl methyl sites for hydroxylation is 1. The highest BCUT2D eigenvalue weighted by molar-refractivity contribution is 7.13. The van der Waals surface area contributed by atoms with Crippen molar-refractivity contribution >= 4 is 22.4 Å². The van der Waals surface area contributed by atoms with Gasteiger partial charge in [0.15, 0.2) is 5.13 Å². The largest absolute Gasteiger partial charge is 0.339 e. The number of aromatic nitrogens is 3. The third-order valence-corrected chi connectivity index (χ3v) is 4.24. The quantitative estimate of drug-likeness (QED) is 0.735. The molecular formula is C17H18N4O2S. The minimum atomic E-state index is -0.119. The van der Waals surface area contributed by atoms with Crippen LogP contribution in [0.1, 0.15) is 37.6 Å². The monoisotopic (exact) mass is 342 g/mol. The number of thiazole rings is 1. The Morgan fingerprint density at radius 1 is 1.29 bits per heavy atom. The first-order valence-electron chi connectivity index (χ1n) is 7.74. The summed E-state index contributed by atoms with van der Waals surface area (Å²) < 4.78 is 5.23. The average Bonchev–Trinajstić information content (AvgIpc) is 3.24. The van der Waals surface area contributed by atoms with Crippen LogP contribution in [0.25, 0.3) is 11.4 Å². The van der Waals surface area contributed by atoms with E-state index in [1.54, 1.807) is 6.20 Å². The van der Waals surface area contributed by atoms with Crippen LogP contribution in [0.5, 0.6) is 0 Å². The predicted octanol–water partition coefficient (Wildman–Crippen LogP) is 3.89.